The van der Waals surface area contributed by atoms with Gasteiger partial charge in [-0.15, -0.1) is 11.8 Å². The van der Waals surface area contributed by atoms with Crippen molar-refractivity contribution in [3.8, 4) is 0 Å². The summed E-state index contributed by atoms with van der Waals surface area (Å²) in [6.45, 7) is 0.120. The number of thioether (sulfide) groups is 1. The normalized spacial score (nSPS) is 10.4. The van der Waals surface area contributed by atoms with Gasteiger partial charge in [-0.25, -0.2) is 0 Å². The highest BCUT2D eigenvalue weighted by Crippen LogP contribution is 2.19. The van der Waals surface area contributed by atoms with E-state index in [9.17, 15) is 0 Å². The molecule has 0 heterocycles. The highest BCUT2D eigenvalue weighted by molar-refractivity contribution is 7.99. The largest absolute Gasteiger partial charge is 0.392 e. The van der Waals surface area contributed by atoms with E-state index in [1.54, 1.807) is 0 Å². The molecule has 2 aromatic rings. The summed E-state index contributed by atoms with van der Waals surface area (Å²) in [6.07, 6.45) is 1.09. The molecule has 0 fully saturated rings. The van der Waals surface area contributed by atoms with Crippen LogP contribution in [-0.2, 0) is 13.0 Å². The third-order valence-corrected chi connectivity index (χ3v) is 3.62. The van der Waals surface area contributed by atoms with E-state index in [-0.39, 0.29) is 6.61 Å². The molecule has 0 saturated carbocycles. The Hall–Kier alpha value is -1.25. The lowest BCUT2D eigenvalue weighted by molar-refractivity contribution is 0.282. The molecule has 88 valence electrons. The first-order chi connectivity index (χ1) is 8.38. The summed E-state index contributed by atoms with van der Waals surface area (Å²) in [5.41, 5.74) is 2.35. The maximum atomic E-state index is 8.95. The molecular weight excluding hydrogens is 228 g/mol. The van der Waals surface area contributed by atoms with E-state index in [1.165, 1.54) is 10.5 Å². The van der Waals surface area contributed by atoms with E-state index < -0.39 is 0 Å². The minimum absolute atomic E-state index is 0.120. The quantitative estimate of drug-likeness (QED) is 0.812. The minimum Gasteiger partial charge on any atom is -0.392 e. The van der Waals surface area contributed by atoms with Crippen LogP contribution in [-0.4, -0.2) is 10.9 Å². The van der Waals surface area contributed by atoms with Gasteiger partial charge in [-0.3, -0.25) is 0 Å². The van der Waals surface area contributed by atoms with Crippen LogP contribution >= 0.6 is 11.8 Å². The van der Waals surface area contributed by atoms with Gasteiger partial charge in [0.2, 0.25) is 0 Å². The molecule has 0 amide bonds. The van der Waals surface area contributed by atoms with E-state index in [0.717, 1.165) is 17.7 Å². The molecular formula is C15H16OS. The Morgan fingerprint density at radius 2 is 1.53 bits per heavy atom. The van der Waals surface area contributed by atoms with Crippen LogP contribution in [0.4, 0.5) is 0 Å². The summed E-state index contributed by atoms with van der Waals surface area (Å²) in [6, 6.07) is 18.6. The van der Waals surface area contributed by atoms with Gasteiger partial charge in [0.25, 0.3) is 0 Å². The molecule has 0 aromatic heterocycles. The van der Waals surface area contributed by atoms with Gasteiger partial charge in [0.15, 0.2) is 0 Å². The van der Waals surface area contributed by atoms with Crippen LogP contribution in [0.25, 0.3) is 0 Å². The van der Waals surface area contributed by atoms with Crippen LogP contribution in [0.1, 0.15) is 11.1 Å². The lowest BCUT2D eigenvalue weighted by Gasteiger charge is -2.03. The van der Waals surface area contributed by atoms with Crippen molar-refractivity contribution in [2.75, 3.05) is 5.75 Å². The second-order valence-electron chi connectivity index (χ2n) is 3.89. The summed E-state index contributed by atoms with van der Waals surface area (Å²) in [5, 5.41) is 8.95. The van der Waals surface area contributed by atoms with E-state index in [4.69, 9.17) is 5.11 Å². The Kier molecular flexibility index (Phi) is 4.65. The van der Waals surface area contributed by atoms with Crippen molar-refractivity contribution in [3.05, 3.63) is 65.7 Å². The maximum absolute atomic E-state index is 8.95. The van der Waals surface area contributed by atoms with Crippen molar-refractivity contribution in [1.29, 1.82) is 0 Å². The van der Waals surface area contributed by atoms with Crippen LogP contribution in [0.3, 0.4) is 0 Å². The van der Waals surface area contributed by atoms with Crippen molar-refractivity contribution in [1.82, 2.24) is 0 Å². The van der Waals surface area contributed by atoms with Crippen LogP contribution < -0.4 is 0 Å². The first-order valence-corrected chi connectivity index (χ1v) is 6.73. The maximum Gasteiger partial charge on any atom is 0.0681 e. The second-order valence-corrected chi connectivity index (χ2v) is 5.05. The van der Waals surface area contributed by atoms with Gasteiger partial charge in [-0.05, 0) is 29.7 Å². The van der Waals surface area contributed by atoms with Crippen LogP contribution in [0.2, 0.25) is 0 Å². The number of benzene rings is 2. The standard InChI is InChI=1S/C15H16OS/c16-12-14-6-8-15(9-7-14)17-11-10-13-4-2-1-3-5-13/h1-9,16H,10-12H2. The molecule has 0 radical (unpaired) electrons. The minimum atomic E-state index is 0.120. The Balaban J connectivity index is 1.82. The summed E-state index contributed by atoms with van der Waals surface area (Å²) >= 11 is 1.85. The highest BCUT2D eigenvalue weighted by Gasteiger charge is 1.96. The molecule has 2 heteroatoms. The summed E-state index contributed by atoms with van der Waals surface area (Å²) in [5.74, 6) is 1.09. The van der Waals surface area contributed by atoms with Crippen molar-refractivity contribution in [2.45, 2.75) is 17.9 Å². The van der Waals surface area contributed by atoms with Crippen molar-refractivity contribution < 1.29 is 5.11 Å². The molecule has 0 saturated heterocycles. The highest BCUT2D eigenvalue weighted by atomic mass is 32.2. The van der Waals surface area contributed by atoms with Gasteiger partial charge >= 0.3 is 0 Å². The lowest BCUT2D eigenvalue weighted by Crippen LogP contribution is -1.88. The van der Waals surface area contributed by atoms with Crippen molar-refractivity contribution >= 4 is 11.8 Å². The number of aryl methyl sites for hydroxylation is 1. The summed E-state index contributed by atoms with van der Waals surface area (Å²) in [4.78, 5) is 1.26. The molecule has 1 N–H and O–H groups in total. The molecule has 2 rings (SSSR count). The zero-order valence-electron chi connectivity index (χ0n) is 9.67. The Bertz CT molecular complexity index is 436. The molecule has 0 bridgehead atoms. The Morgan fingerprint density at radius 1 is 0.824 bits per heavy atom. The number of hydrogen-bond acceptors (Lipinski definition) is 2. The van der Waals surface area contributed by atoms with E-state index in [1.807, 2.05) is 30.0 Å². The predicted octanol–water partition coefficient (Wildman–Crippen LogP) is 3.51. The van der Waals surface area contributed by atoms with Gasteiger partial charge in [-0.1, -0.05) is 42.5 Å². The average molecular weight is 244 g/mol. The predicted molar refractivity (Wildman–Crippen MR) is 73.2 cm³/mol. The molecule has 1 nitrogen and oxygen atoms in total. The number of aliphatic hydroxyl groups is 1. The number of hydrogen-bond donors (Lipinski definition) is 1. The zero-order chi connectivity index (χ0) is 11.9. The molecule has 17 heavy (non-hydrogen) atoms. The van der Waals surface area contributed by atoms with E-state index in [0.29, 0.717) is 0 Å². The molecule has 0 aliphatic rings. The smallest absolute Gasteiger partial charge is 0.0681 e. The zero-order valence-corrected chi connectivity index (χ0v) is 10.5. The Morgan fingerprint density at radius 3 is 2.18 bits per heavy atom. The fourth-order valence-corrected chi connectivity index (χ4v) is 2.52. The monoisotopic (exact) mass is 244 g/mol. The fourth-order valence-electron chi connectivity index (χ4n) is 1.62. The van der Waals surface area contributed by atoms with Gasteiger partial charge in [0.1, 0.15) is 0 Å². The Labute approximate surface area is 107 Å². The molecule has 0 unspecified atom stereocenters. The van der Waals surface area contributed by atoms with Gasteiger partial charge in [-0.2, -0.15) is 0 Å². The van der Waals surface area contributed by atoms with Gasteiger partial charge in [0, 0.05) is 10.6 Å². The van der Waals surface area contributed by atoms with E-state index >= 15 is 0 Å². The third kappa shape index (κ3) is 3.91. The number of aliphatic hydroxyl groups excluding tert-OH is 1. The molecule has 2 aromatic carbocycles. The number of rotatable bonds is 5. The fraction of sp³-hybridized carbons (Fsp3) is 0.200. The summed E-state index contributed by atoms with van der Waals surface area (Å²) < 4.78 is 0. The van der Waals surface area contributed by atoms with Crippen LogP contribution in [0, 0.1) is 0 Å². The second kappa shape index (κ2) is 6.48. The average Bonchev–Trinajstić information content (AvgIpc) is 2.41. The van der Waals surface area contributed by atoms with Crippen molar-refractivity contribution in [2.24, 2.45) is 0 Å². The topological polar surface area (TPSA) is 20.2 Å². The molecule has 0 aliphatic heterocycles. The summed E-state index contributed by atoms with van der Waals surface area (Å²) in [7, 11) is 0. The van der Waals surface area contributed by atoms with Crippen LogP contribution in [0.5, 0.6) is 0 Å². The first kappa shape index (κ1) is 12.2. The van der Waals surface area contributed by atoms with Gasteiger partial charge in [0.05, 0.1) is 6.61 Å². The van der Waals surface area contributed by atoms with E-state index in [2.05, 4.69) is 36.4 Å². The SMILES string of the molecule is OCc1ccc(SCCc2ccccc2)cc1. The van der Waals surface area contributed by atoms with Crippen LogP contribution in [0.15, 0.2) is 59.5 Å². The first-order valence-electron chi connectivity index (χ1n) is 5.75. The third-order valence-electron chi connectivity index (χ3n) is 2.61. The molecule has 0 atom stereocenters. The molecule has 0 spiro atoms. The van der Waals surface area contributed by atoms with Crippen molar-refractivity contribution in [3.63, 3.8) is 0 Å². The van der Waals surface area contributed by atoms with Gasteiger partial charge < -0.3 is 5.11 Å². The lowest BCUT2D eigenvalue weighted by atomic mass is 10.2. The molecule has 0 aliphatic carbocycles.